The van der Waals surface area contributed by atoms with E-state index in [2.05, 4.69) is 15.9 Å². The molecule has 0 N–H and O–H groups in total. The number of thiophene rings is 1. The summed E-state index contributed by atoms with van der Waals surface area (Å²) in [6.07, 6.45) is 0. The van der Waals surface area contributed by atoms with Gasteiger partial charge in [-0.2, -0.15) is 9.57 Å². The number of rotatable bonds is 3. The number of nitriles is 1. The van der Waals surface area contributed by atoms with Crippen molar-refractivity contribution in [3.8, 4) is 6.07 Å². The predicted octanol–water partition coefficient (Wildman–Crippen LogP) is 1.96. The van der Waals surface area contributed by atoms with E-state index in [4.69, 9.17) is 5.26 Å². The number of aryl methyl sites for hydroxylation is 1. The van der Waals surface area contributed by atoms with Crippen molar-refractivity contribution in [2.45, 2.75) is 11.8 Å². The molecule has 0 saturated carbocycles. The standard InChI is InChI=1S/C8H9BrN2O2S2/c1-6-7(5-8(9)14-6)15(12,13)11(2)4-3-10/h5H,4H2,1-2H3. The Labute approximate surface area is 101 Å². The largest absolute Gasteiger partial charge is 0.244 e. The van der Waals surface area contributed by atoms with Gasteiger partial charge in [0.1, 0.15) is 6.54 Å². The molecule has 1 aromatic rings. The molecule has 0 aliphatic rings. The van der Waals surface area contributed by atoms with Gasteiger partial charge in [0, 0.05) is 11.9 Å². The molecule has 82 valence electrons. The third kappa shape index (κ3) is 2.58. The minimum absolute atomic E-state index is 0.144. The molecule has 0 aliphatic heterocycles. The molecule has 4 nitrogen and oxygen atoms in total. The van der Waals surface area contributed by atoms with Gasteiger partial charge in [-0.05, 0) is 28.9 Å². The van der Waals surface area contributed by atoms with Crippen molar-refractivity contribution in [3.05, 3.63) is 14.7 Å². The van der Waals surface area contributed by atoms with Crippen molar-refractivity contribution >= 4 is 37.3 Å². The average Bonchev–Trinajstić information content (AvgIpc) is 2.46. The summed E-state index contributed by atoms with van der Waals surface area (Å²) in [5, 5.41) is 8.46. The summed E-state index contributed by atoms with van der Waals surface area (Å²) in [5.41, 5.74) is 0. The maximum absolute atomic E-state index is 11.9. The Morgan fingerprint density at radius 3 is 2.67 bits per heavy atom. The molecule has 0 bridgehead atoms. The van der Waals surface area contributed by atoms with E-state index in [1.165, 1.54) is 18.4 Å². The SMILES string of the molecule is Cc1sc(Br)cc1S(=O)(=O)N(C)CC#N. The average molecular weight is 309 g/mol. The number of hydrogen-bond acceptors (Lipinski definition) is 4. The summed E-state index contributed by atoms with van der Waals surface area (Å²) in [4.78, 5) is 0.976. The van der Waals surface area contributed by atoms with Crippen LogP contribution in [0.2, 0.25) is 0 Å². The lowest BCUT2D eigenvalue weighted by Gasteiger charge is -2.12. The second-order valence-corrected chi connectivity index (χ2v) is 7.54. The molecule has 0 aliphatic carbocycles. The Bertz CT molecular complexity index is 501. The molecule has 0 saturated heterocycles. The first kappa shape index (κ1) is 12.6. The van der Waals surface area contributed by atoms with Gasteiger partial charge in [-0.1, -0.05) is 0 Å². The van der Waals surface area contributed by atoms with Gasteiger partial charge in [0.2, 0.25) is 10.0 Å². The highest BCUT2D eigenvalue weighted by atomic mass is 79.9. The van der Waals surface area contributed by atoms with Crippen LogP contribution in [0.25, 0.3) is 0 Å². The quantitative estimate of drug-likeness (QED) is 0.802. The van der Waals surface area contributed by atoms with Crippen LogP contribution in [0.15, 0.2) is 14.7 Å². The summed E-state index contributed by atoms with van der Waals surface area (Å²) in [6, 6.07) is 3.37. The van der Waals surface area contributed by atoms with Gasteiger partial charge < -0.3 is 0 Å². The van der Waals surface area contributed by atoms with E-state index >= 15 is 0 Å². The Morgan fingerprint density at radius 2 is 2.27 bits per heavy atom. The first-order valence-electron chi connectivity index (χ1n) is 3.99. The smallest absolute Gasteiger partial charge is 0.207 e. The van der Waals surface area contributed by atoms with Gasteiger partial charge in [-0.25, -0.2) is 8.42 Å². The lowest BCUT2D eigenvalue weighted by atomic mass is 10.5. The highest BCUT2D eigenvalue weighted by molar-refractivity contribution is 9.11. The van der Waals surface area contributed by atoms with Crippen LogP contribution in [-0.2, 0) is 10.0 Å². The van der Waals surface area contributed by atoms with Crippen LogP contribution in [0.4, 0.5) is 0 Å². The van der Waals surface area contributed by atoms with Crippen LogP contribution in [0.1, 0.15) is 4.88 Å². The monoisotopic (exact) mass is 308 g/mol. The second kappa shape index (κ2) is 4.61. The van der Waals surface area contributed by atoms with Crippen molar-refractivity contribution in [3.63, 3.8) is 0 Å². The fraction of sp³-hybridized carbons (Fsp3) is 0.375. The van der Waals surface area contributed by atoms with Crippen LogP contribution in [0, 0.1) is 18.3 Å². The van der Waals surface area contributed by atoms with Crippen LogP contribution in [0.5, 0.6) is 0 Å². The van der Waals surface area contributed by atoms with Crippen LogP contribution in [0.3, 0.4) is 0 Å². The third-order valence-corrected chi connectivity index (χ3v) is 5.44. The molecule has 0 aromatic carbocycles. The van der Waals surface area contributed by atoms with Crippen molar-refractivity contribution in [1.29, 1.82) is 5.26 Å². The van der Waals surface area contributed by atoms with E-state index in [0.29, 0.717) is 4.88 Å². The zero-order valence-corrected chi connectivity index (χ0v) is 11.4. The maximum atomic E-state index is 11.9. The molecule has 0 fully saturated rings. The molecular formula is C8H9BrN2O2S2. The summed E-state index contributed by atoms with van der Waals surface area (Å²) in [6.45, 7) is 1.60. The Hall–Kier alpha value is -0.420. The van der Waals surface area contributed by atoms with E-state index < -0.39 is 10.0 Å². The number of halogens is 1. The van der Waals surface area contributed by atoms with Crippen molar-refractivity contribution in [2.75, 3.05) is 13.6 Å². The zero-order chi connectivity index (χ0) is 11.6. The molecule has 7 heteroatoms. The molecule has 0 spiro atoms. The maximum Gasteiger partial charge on any atom is 0.244 e. The highest BCUT2D eigenvalue weighted by Gasteiger charge is 2.24. The number of sulfonamides is 1. The summed E-state index contributed by atoms with van der Waals surface area (Å²) in [7, 11) is -2.13. The minimum atomic E-state index is -3.52. The number of hydrogen-bond donors (Lipinski definition) is 0. The summed E-state index contributed by atoms with van der Waals surface area (Å²) >= 11 is 4.59. The molecular weight excluding hydrogens is 300 g/mol. The van der Waals surface area contributed by atoms with Crippen molar-refractivity contribution in [2.24, 2.45) is 0 Å². The summed E-state index contributed by atoms with van der Waals surface area (Å²) < 4.78 is 25.6. The fourth-order valence-electron chi connectivity index (χ4n) is 1.04. The van der Waals surface area contributed by atoms with Gasteiger partial charge >= 0.3 is 0 Å². The van der Waals surface area contributed by atoms with Gasteiger partial charge in [0.15, 0.2) is 0 Å². The highest BCUT2D eigenvalue weighted by Crippen LogP contribution is 2.30. The van der Waals surface area contributed by atoms with Gasteiger partial charge in [0.25, 0.3) is 0 Å². The minimum Gasteiger partial charge on any atom is -0.207 e. The lowest BCUT2D eigenvalue weighted by Crippen LogP contribution is -2.27. The Balaban J connectivity index is 3.18. The predicted molar refractivity (Wildman–Crippen MR) is 62.2 cm³/mol. The van der Waals surface area contributed by atoms with Crippen LogP contribution in [-0.4, -0.2) is 26.3 Å². The molecule has 0 amide bonds. The normalized spacial score (nSPS) is 11.7. The molecule has 1 aromatic heterocycles. The third-order valence-electron chi connectivity index (χ3n) is 1.82. The molecule has 1 rings (SSSR count). The van der Waals surface area contributed by atoms with E-state index in [1.807, 2.05) is 6.07 Å². The van der Waals surface area contributed by atoms with E-state index in [-0.39, 0.29) is 11.4 Å². The first-order chi connectivity index (χ1) is 6.89. The van der Waals surface area contributed by atoms with Gasteiger partial charge in [-0.3, -0.25) is 0 Å². The van der Waals surface area contributed by atoms with Gasteiger partial charge in [0.05, 0.1) is 14.8 Å². The van der Waals surface area contributed by atoms with Gasteiger partial charge in [-0.15, -0.1) is 11.3 Å². The summed E-state index contributed by atoms with van der Waals surface area (Å²) in [5.74, 6) is 0. The van der Waals surface area contributed by atoms with Crippen molar-refractivity contribution in [1.82, 2.24) is 4.31 Å². The zero-order valence-electron chi connectivity index (χ0n) is 8.19. The van der Waals surface area contributed by atoms with Crippen LogP contribution >= 0.6 is 27.3 Å². The lowest BCUT2D eigenvalue weighted by molar-refractivity contribution is 0.501. The topological polar surface area (TPSA) is 61.2 Å². The second-order valence-electron chi connectivity index (χ2n) is 2.89. The van der Waals surface area contributed by atoms with Crippen molar-refractivity contribution < 1.29 is 8.42 Å². The Kier molecular flexibility index (Phi) is 3.89. The first-order valence-corrected chi connectivity index (χ1v) is 7.03. The molecule has 1 heterocycles. The molecule has 0 atom stereocenters. The molecule has 0 radical (unpaired) electrons. The molecule has 15 heavy (non-hydrogen) atoms. The van der Waals surface area contributed by atoms with E-state index in [0.717, 1.165) is 8.09 Å². The van der Waals surface area contributed by atoms with E-state index in [1.54, 1.807) is 13.0 Å². The number of nitrogens with zero attached hydrogens (tertiary/aromatic N) is 2. The fourth-order valence-corrected chi connectivity index (χ4v) is 4.49. The van der Waals surface area contributed by atoms with E-state index in [9.17, 15) is 8.42 Å². The van der Waals surface area contributed by atoms with Crippen LogP contribution < -0.4 is 0 Å². The Morgan fingerprint density at radius 1 is 1.67 bits per heavy atom. The molecule has 0 unspecified atom stereocenters.